The predicted molar refractivity (Wildman–Crippen MR) is 52.1 cm³/mol. The summed E-state index contributed by atoms with van der Waals surface area (Å²) in [5.41, 5.74) is -0.480. The van der Waals surface area contributed by atoms with E-state index in [9.17, 15) is 9.59 Å². The summed E-state index contributed by atoms with van der Waals surface area (Å²) >= 11 is 0. The number of carboxylic acid groups (broad SMARTS) is 1. The Labute approximate surface area is 89.6 Å². The molecule has 2 heterocycles. The number of aryl methyl sites for hydroxylation is 1. The molecule has 0 atom stereocenters. The summed E-state index contributed by atoms with van der Waals surface area (Å²) in [6.07, 6.45) is 4.05. The zero-order valence-corrected chi connectivity index (χ0v) is 8.49. The SMILES string of the molecule is CC[n+]1cc(C(=O)O)cn2cnc(=O)nc21. The van der Waals surface area contributed by atoms with Crippen LogP contribution in [0.15, 0.2) is 23.5 Å². The number of carbonyl (C=O) groups is 1. The van der Waals surface area contributed by atoms with Gasteiger partial charge in [-0.2, -0.15) is 9.38 Å². The molecule has 2 rings (SSSR count). The van der Waals surface area contributed by atoms with E-state index in [1.54, 1.807) is 4.57 Å². The van der Waals surface area contributed by atoms with Gasteiger partial charge in [-0.1, -0.05) is 0 Å². The molecule has 0 radical (unpaired) electrons. The number of nitrogens with zero attached hydrogens (tertiary/aromatic N) is 4. The third-order valence-corrected chi connectivity index (χ3v) is 2.14. The number of aromatic carboxylic acids is 1. The van der Waals surface area contributed by atoms with E-state index in [4.69, 9.17) is 5.11 Å². The second-order valence-corrected chi connectivity index (χ2v) is 3.15. The highest BCUT2D eigenvalue weighted by Crippen LogP contribution is 1.97. The van der Waals surface area contributed by atoms with Crippen molar-refractivity contribution >= 4 is 11.7 Å². The lowest BCUT2D eigenvalue weighted by Crippen LogP contribution is -2.38. The molecule has 0 aromatic carbocycles. The largest absolute Gasteiger partial charge is 0.477 e. The summed E-state index contributed by atoms with van der Waals surface area (Å²) < 4.78 is 2.99. The van der Waals surface area contributed by atoms with Crippen molar-refractivity contribution in [3.8, 4) is 0 Å². The third kappa shape index (κ3) is 1.62. The van der Waals surface area contributed by atoms with Crippen molar-refractivity contribution in [2.24, 2.45) is 0 Å². The Balaban J connectivity index is 2.83. The Morgan fingerprint density at radius 1 is 1.62 bits per heavy atom. The van der Waals surface area contributed by atoms with E-state index in [0.29, 0.717) is 12.3 Å². The molecular formula is C9H9N4O3+. The standard InChI is InChI=1S/C9H8N4O3/c1-2-12-3-6(7(14)15)4-13-5-10-8(16)11-9(12)13/h3-5H,2H2,1H3/p+1. The molecule has 1 N–H and O–H groups in total. The van der Waals surface area contributed by atoms with Crippen molar-refractivity contribution in [1.29, 1.82) is 0 Å². The molecule has 82 valence electrons. The molecule has 0 amide bonds. The minimum Gasteiger partial charge on any atom is -0.477 e. The van der Waals surface area contributed by atoms with Gasteiger partial charge in [-0.05, 0) is 11.9 Å². The lowest BCUT2D eigenvalue weighted by atomic mass is 10.3. The molecule has 2 aromatic rings. The van der Waals surface area contributed by atoms with Gasteiger partial charge < -0.3 is 5.11 Å². The fourth-order valence-corrected chi connectivity index (χ4v) is 1.39. The number of carboxylic acids is 1. The first-order valence-electron chi connectivity index (χ1n) is 4.63. The van der Waals surface area contributed by atoms with Crippen molar-refractivity contribution < 1.29 is 14.5 Å². The minimum atomic E-state index is -1.04. The molecule has 0 unspecified atom stereocenters. The first-order chi connectivity index (χ1) is 7.61. The monoisotopic (exact) mass is 221 g/mol. The van der Waals surface area contributed by atoms with E-state index in [-0.39, 0.29) is 5.56 Å². The fourth-order valence-electron chi connectivity index (χ4n) is 1.39. The maximum absolute atomic E-state index is 11.0. The maximum atomic E-state index is 11.0. The van der Waals surface area contributed by atoms with Gasteiger partial charge in [0.2, 0.25) is 0 Å². The van der Waals surface area contributed by atoms with Gasteiger partial charge in [-0.25, -0.2) is 14.2 Å². The Bertz CT molecular complexity index is 620. The zero-order chi connectivity index (χ0) is 11.7. The van der Waals surface area contributed by atoms with Crippen molar-refractivity contribution in [3.63, 3.8) is 0 Å². The maximum Gasteiger partial charge on any atom is 0.445 e. The van der Waals surface area contributed by atoms with Crippen molar-refractivity contribution in [2.45, 2.75) is 13.5 Å². The molecule has 0 aliphatic carbocycles. The lowest BCUT2D eigenvalue weighted by Gasteiger charge is -2.01. The second-order valence-electron chi connectivity index (χ2n) is 3.15. The van der Waals surface area contributed by atoms with Crippen LogP contribution in [0.5, 0.6) is 0 Å². The van der Waals surface area contributed by atoms with E-state index >= 15 is 0 Å². The number of hydrogen-bond acceptors (Lipinski definition) is 4. The Morgan fingerprint density at radius 3 is 3.00 bits per heavy atom. The highest BCUT2D eigenvalue weighted by atomic mass is 16.4. The van der Waals surface area contributed by atoms with Crippen LogP contribution in [-0.4, -0.2) is 25.4 Å². The van der Waals surface area contributed by atoms with Crippen molar-refractivity contribution in [2.75, 3.05) is 0 Å². The zero-order valence-electron chi connectivity index (χ0n) is 8.49. The average Bonchev–Trinajstić information content (AvgIpc) is 2.27. The van der Waals surface area contributed by atoms with Crippen LogP contribution in [0.3, 0.4) is 0 Å². The van der Waals surface area contributed by atoms with Crippen molar-refractivity contribution in [3.05, 3.63) is 34.8 Å². The molecule has 16 heavy (non-hydrogen) atoms. The first kappa shape index (κ1) is 10.2. The van der Waals surface area contributed by atoms with Crippen LogP contribution in [0.4, 0.5) is 0 Å². The van der Waals surface area contributed by atoms with E-state index in [1.165, 1.54) is 23.1 Å². The summed E-state index contributed by atoms with van der Waals surface area (Å²) in [6.45, 7) is 2.35. The van der Waals surface area contributed by atoms with Crippen LogP contribution in [0.1, 0.15) is 17.3 Å². The molecule has 0 aliphatic rings. The number of rotatable bonds is 2. The number of fused-ring (bicyclic) bond motifs is 1. The molecule has 7 nitrogen and oxygen atoms in total. The Kier molecular flexibility index (Phi) is 2.35. The van der Waals surface area contributed by atoms with Crippen LogP contribution in [-0.2, 0) is 6.54 Å². The van der Waals surface area contributed by atoms with Gasteiger partial charge in [0, 0.05) is 0 Å². The molecule has 0 spiro atoms. The van der Waals surface area contributed by atoms with E-state index in [2.05, 4.69) is 9.97 Å². The molecule has 2 aromatic heterocycles. The minimum absolute atomic E-state index is 0.113. The van der Waals surface area contributed by atoms with Crippen LogP contribution >= 0.6 is 0 Å². The summed E-state index contributed by atoms with van der Waals surface area (Å²) in [5, 5.41) is 8.89. The van der Waals surface area contributed by atoms with E-state index in [0.717, 1.165) is 0 Å². The van der Waals surface area contributed by atoms with Gasteiger partial charge in [0.1, 0.15) is 5.56 Å². The van der Waals surface area contributed by atoms with Gasteiger partial charge in [-0.3, -0.25) is 0 Å². The predicted octanol–water partition coefficient (Wildman–Crippen LogP) is -0.905. The first-order valence-corrected chi connectivity index (χ1v) is 4.63. The van der Waals surface area contributed by atoms with E-state index in [1.807, 2.05) is 6.92 Å². The summed E-state index contributed by atoms with van der Waals surface area (Å²) in [7, 11) is 0. The summed E-state index contributed by atoms with van der Waals surface area (Å²) in [6, 6.07) is 0. The highest BCUT2D eigenvalue weighted by molar-refractivity contribution is 5.86. The van der Waals surface area contributed by atoms with Crippen LogP contribution in [0.2, 0.25) is 0 Å². The molecule has 0 saturated carbocycles. The normalized spacial score (nSPS) is 10.6. The average molecular weight is 221 g/mol. The van der Waals surface area contributed by atoms with Crippen LogP contribution in [0, 0.1) is 0 Å². The Hall–Kier alpha value is -2.31. The third-order valence-electron chi connectivity index (χ3n) is 2.14. The van der Waals surface area contributed by atoms with Gasteiger partial charge >= 0.3 is 17.4 Å². The van der Waals surface area contributed by atoms with Gasteiger partial charge in [0.15, 0.2) is 6.33 Å². The van der Waals surface area contributed by atoms with Gasteiger partial charge in [-0.15, -0.1) is 0 Å². The Morgan fingerprint density at radius 2 is 2.38 bits per heavy atom. The lowest BCUT2D eigenvalue weighted by molar-refractivity contribution is -0.673. The molecule has 0 fully saturated rings. The molecular weight excluding hydrogens is 212 g/mol. The topological polar surface area (TPSA) is 88.4 Å². The quantitative estimate of drug-likeness (QED) is 0.663. The van der Waals surface area contributed by atoms with Gasteiger partial charge in [0.05, 0.1) is 18.9 Å². The van der Waals surface area contributed by atoms with Crippen LogP contribution in [0.25, 0.3) is 5.78 Å². The molecule has 0 bridgehead atoms. The fraction of sp³-hybridized carbons (Fsp3) is 0.222. The highest BCUT2D eigenvalue weighted by Gasteiger charge is 2.14. The number of hydrogen-bond donors (Lipinski definition) is 1. The molecule has 7 heteroatoms. The molecule has 0 saturated heterocycles. The number of aromatic nitrogens is 4. The molecule has 0 aliphatic heterocycles. The van der Waals surface area contributed by atoms with Gasteiger partial charge in [0.25, 0.3) is 0 Å². The van der Waals surface area contributed by atoms with Crippen molar-refractivity contribution in [1.82, 2.24) is 14.4 Å². The van der Waals surface area contributed by atoms with E-state index < -0.39 is 11.7 Å². The summed E-state index contributed by atoms with van der Waals surface area (Å²) in [4.78, 5) is 29.0. The second kappa shape index (κ2) is 3.69. The smallest absolute Gasteiger partial charge is 0.445 e. The summed E-state index contributed by atoms with van der Waals surface area (Å²) in [5.74, 6) is -0.671. The van der Waals surface area contributed by atoms with Crippen LogP contribution < -0.4 is 10.3 Å².